The molecule has 0 aliphatic carbocycles. The monoisotopic (exact) mass is 364 g/mol. The van der Waals surface area contributed by atoms with E-state index in [0.717, 1.165) is 5.69 Å². The Labute approximate surface area is 150 Å². The van der Waals surface area contributed by atoms with Crippen molar-refractivity contribution in [1.82, 2.24) is 4.57 Å². The van der Waals surface area contributed by atoms with E-state index in [4.69, 9.17) is 14.2 Å². The molecule has 0 bridgehead atoms. The summed E-state index contributed by atoms with van der Waals surface area (Å²) in [4.78, 5) is 21.9. The van der Waals surface area contributed by atoms with Crippen LogP contribution in [0.3, 0.4) is 0 Å². The lowest BCUT2D eigenvalue weighted by atomic mass is 10.3. The third kappa shape index (κ3) is 4.73. The van der Waals surface area contributed by atoms with E-state index in [-0.39, 0.29) is 25.5 Å². The van der Waals surface area contributed by atoms with Crippen LogP contribution >= 0.6 is 0 Å². The molecule has 9 heteroatoms. The van der Waals surface area contributed by atoms with Crippen molar-refractivity contribution in [3.8, 4) is 11.5 Å². The molecule has 0 fully saturated rings. The Balaban J connectivity index is 1.84. The lowest BCUT2D eigenvalue weighted by Crippen LogP contribution is -2.11. The number of carbonyl (C=O) groups excluding carboxylic acids is 1. The smallest absolute Gasteiger partial charge is 0.354 e. The van der Waals surface area contributed by atoms with E-state index < -0.39 is 10.9 Å². The Kier molecular flexibility index (Phi) is 6.56. The largest absolute Gasteiger partial charge is 0.496 e. The van der Waals surface area contributed by atoms with Gasteiger partial charge in [-0.05, 0) is 12.1 Å². The summed E-state index contributed by atoms with van der Waals surface area (Å²) < 4.78 is 22.4. The molecule has 0 saturated heterocycles. The van der Waals surface area contributed by atoms with Gasteiger partial charge >= 0.3 is 5.97 Å². The second-order valence-electron chi connectivity index (χ2n) is 5.29. The minimum Gasteiger partial charge on any atom is -0.496 e. The number of hydrogen-bond acceptors (Lipinski definition) is 7. The number of benzene rings is 1. The van der Waals surface area contributed by atoms with Gasteiger partial charge in [0.15, 0.2) is 0 Å². The Hall–Kier alpha value is -3.07. The van der Waals surface area contributed by atoms with Crippen LogP contribution in [0.5, 0.6) is 11.5 Å². The summed E-state index contributed by atoms with van der Waals surface area (Å²) in [7, 11) is 4.50. The number of aromatic nitrogens is 1. The number of nitro benzene ring substituents is 1. The summed E-state index contributed by atoms with van der Waals surface area (Å²) in [6.45, 7) is 0.761. The van der Waals surface area contributed by atoms with Gasteiger partial charge in [-0.1, -0.05) is 0 Å². The molecule has 0 atom stereocenters. The van der Waals surface area contributed by atoms with Crippen LogP contribution in [0.15, 0.2) is 30.3 Å². The molecule has 9 nitrogen and oxygen atoms in total. The first-order chi connectivity index (χ1) is 12.5. The summed E-state index contributed by atoms with van der Waals surface area (Å²) >= 11 is 0. The molecule has 2 rings (SSSR count). The highest BCUT2D eigenvalue weighted by atomic mass is 16.6. The quantitative estimate of drug-likeness (QED) is 0.291. The molecule has 0 radical (unpaired) electrons. The highest BCUT2D eigenvalue weighted by molar-refractivity contribution is 5.87. The number of hydrogen-bond donors (Lipinski definition) is 0. The van der Waals surface area contributed by atoms with Gasteiger partial charge < -0.3 is 23.5 Å². The fourth-order valence-corrected chi connectivity index (χ4v) is 2.27. The molecule has 0 N–H and O–H groups in total. The molecule has 26 heavy (non-hydrogen) atoms. The third-order valence-corrected chi connectivity index (χ3v) is 3.68. The summed E-state index contributed by atoms with van der Waals surface area (Å²) in [6.07, 6.45) is 0. The van der Waals surface area contributed by atoms with Crippen molar-refractivity contribution in [2.45, 2.75) is 6.61 Å². The molecule has 0 aliphatic heterocycles. The summed E-state index contributed by atoms with van der Waals surface area (Å²) in [5, 5.41) is 10.9. The fraction of sp³-hybridized carbons (Fsp3) is 0.353. The van der Waals surface area contributed by atoms with Gasteiger partial charge in [-0.3, -0.25) is 10.1 Å². The predicted octanol–water partition coefficient (Wildman–Crippen LogP) is 2.32. The third-order valence-electron chi connectivity index (χ3n) is 3.68. The zero-order chi connectivity index (χ0) is 19.1. The Morgan fingerprint density at radius 3 is 2.54 bits per heavy atom. The number of ether oxygens (including phenoxy) is 4. The Morgan fingerprint density at radius 1 is 1.15 bits per heavy atom. The van der Waals surface area contributed by atoms with Crippen molar-refractivity contribution >= 4 is 11.7 Å². The second-order valence-corrected chi connectivity index (χ2v) is 5.29. The fourth-order valence-electron chi connectivity index (χ4n) is 2.27. The van der Waals surface area contributed by atoms with Crippen LogP contribution in [-0.2, 0) is 23.1 Å². The van der Waals surface area contributed by atoms with Crippen LogP contribution in [0, 0.1) is 10.1 Å². The highest BCUT2D eigenvalue weighted by Gasteiger charge is 2.13. The number of nitrogens with zero attached hydrogens (tertiary/aromatic N) is 2. The first-order valence-electron chi connectivity index (χ1n) is 7.73. The Bertz CT molecular complexity index is 785. The van der Waals surface area contributed by atoms with Crippen molar-refractivity contribution in [3.05, 3.63) is 51.8 Å². The summed E-state index contributed by atoms with van der Waals surface area (Å²) in [5.41, 5.74) is 1.13. The first-order valence-corrected chi connectivity index (χ1v) is 7.73. The van der Waals surface area contributed by atoms with Gasteiger partial charge in [-0.15, -0.1) is 0 Å². The molecule has 140 valence electrons. The number of nitro groups is 1. The molecule has 0 aliphatic rings. The molecular weight excluding hydrogens is 344 g/mol. The van der Waals surface area contributed by atoms with E-state index in [1.54, 1.807) is 29.8 Å². The Morgan fingerprint density at radius 2 is 1.88 bits per heavy atom. The van der Waals surface area contributed by atoms with Crippen molar-refractivity contribution in [2.24, 2.45) is 7.05 Å². The van der Waals surface area contributed by atoms with Crippen LogP contribution in [0.2, 0.25) is 0 Å². The van der Waals surface area contributed by atoms with E-state index in [0.29, 0.717) is 17.2 Å². The minimum atomic E-state index is -0.514. The lowest BCUT2D eigenvalue weighted by molar-refractivity contribution is -0.385. The predicted molar refractivity (Wildman–Crippen MR) is 91.6 cm³/mol. The SMILES string of the molecule is COC(=O)c1ccc(COCCOc2cc(OC)cc([N+](=O)[O-])c2)n1C. The summed E-state index contributed by atoms with van der Waals surface area (Å²) in [5.74, 6) is 0.252. The minimum absolute atomic E-state index is 0.112. The van der Waals surface area contributed by atoms with Crippen molar-refractivity contribution < 1.29 is 28.7 Å². The zero-order valence-corrected chi connectivity index (χ0v) is 14.8. The van der Waals surface area contributed by atoms with Crippen LogP contribution in [-0.4, -0.2) is 42.9 Å². The second kappa shape index (κ2) is 8.86. The van der Waals surface area contributed by atoms with Gasteiger partial charge in [0, 0.05) is 18.8 Å². The molecule has 0 amide bonds. The van der Waals surface area contributed by atoms with Crippen LogP contribution in [0.1, 0.15) is 16.2 Å². The van der Waals surface area contributed by atoms with Crippen LogP contribution in [0.25, 0.3) is 0 Å². The maximum Gasteiger partial charge on any atom is 0.354 e. The van der Waals surface area contributed by atoms with Crippen molar-refractivity contribution in [2.75, 3.05) is 27.4 Å². The van der Waals surface area contributed by atoms with Gasteiger partial charge in [0.05, 0.1) is 44.5 Å². The first kappa shape index (κ1) is 19.3. The highest BCUT2D eigenvalue weighted by Crippen LogP contribution is 2.27. The standard InChI is InChI=1S/C17H20N2O7/c1-18-12(4-5-16(18)17(20)24-3)11-25-6-7-26-15-9-13(19(21)22)8-14(10-15)23-2/h4-5,8-10H,6-7,11H2,1-3H3. The molecule has 2 aromatic rings. The topological polar surface area (TPSA) is 102 Å². The number of rotatable bonds is 9. The molecule has 1 aromatic carbocycles. The van der Waals surface area contributed by atoms with Crippen molar-refractivity contribution in [1.29, 1.82) is 0 Å². The van der Waals surface area contributed by atoms with E-state index in [9.17, 15) is 14.9 Å². The van der Waals surface area contributed by atoms with Crippen LogP contribution in [0.4, 0.5) is 5.69 Å². The van der Waals surface area contributed by atoms with Crippen molar-refractivity contribution in [3.63, 3.8) is 0 Å². The lowest BCUT2D eigenvalue weighted by Gasteiger charge is -2.10. The number of esters is 1. The normalized spacial score (nSPS) is 10.4. The molecular formula is C17H20N2O7. The average Bonchev–Trinajstić information content (AvgIpc) is 3.01. The zero-order valence-electron chi connectivity index (χ0n) is 14.8. The molecule has 0 spiro atoms. The molecule has 0 saturated carbocycles. The van der Waals surface area contributed by atoms with E-state index in [2.05, 4.69) is 4.74 Å². The number of non-ortho nitro benzene ring substituents is 1. The number of carbonyl (C=O) groups is 1. The van der Waals surface area contributed by atoms with E-state index in [1.807, 2.05) is 0 Å². The molecule has 1 aromatic heterocycles. The van der Waals surface area contributed by atoms with Gasteiger partial charge in [-0.2, -0.15) is 0 Å². The molecule has 0 unspecified atom stereocenters. The molecule has 1 heterocycles. The van der Waals surface area contributed by atoms with Gasteiger partial charge in [0.1, 0.15) is 23.8 Å². The number of methoxy groups -OCH3 is 2. The maximum absolute atomic E-state index is 11.5. The van der Waals surface area contributed by atoms with E-state index in [1.165, 1.54) is 26.4 Å². The summed E-state index contributed by atoms with van der Waals surface area (Å²) in [6, 6.07) is 7.64. The van der Waals surface area contributed by atoms with Gasteiger partial charge in [-0.25, -0.2) is 4.79 Å². The van der Waals surface area contributed by atoms with Gasteiger partial charge in [0.25, 0.3) is 5.69 Å². The average molecular weight is 364 g/mol. The maximum atomic E-state index is 11.5. The van der Waals surface area contributed by atoms with E-state index >= 15 is 0 Å². The van der Waals surface area contributed by atoms with Gasteiger partial charge in [0.2, 0.25) is 0 Å². The van der Waals surface area contributed by atoms with Crippen LogP contribution < -0.4 is 9.47 Å².